The molecule has 2 amide bonds. The number of allylic oxidation sites excluding steroid dienone is 2. The fraction of sp³-hybridized carbons (Fsp3) is 0.333. The second kappa shape index (κ2) is 5.21. The number of rotatable bonds is 2. The van der Waals surface area contributed by atoms with Crippen molar-refractivity contribution < 1.29 is 14.5 Å². The first-order valence-electron chi connectivity index (χ1n) is 6.87. The molecule has 0 aromatic heterocycles. The van der Waals surface area contributed by atoms with E-state index in [1.165, 1.54) is 12.1 Å². The van der Waals surface area contributed by atoms with Crippen LogP contribution in [0, 0.1) is 28.9 Å². The molecule has 2 atom stereocenters. The minimum atomic E-state index is -0.542. The summed E-state index contributed by atoms with van der Waals surface area (Å²) < 4.78 is 0. The van der Waals surface area contributed by atoms with E-state index in [2.05, 4.69) is 0 Å². The summed E-state index contributed by atoms with van der Waals surface area (Å²) in [5.74, 6) is -1.53. The van der Waals surface area contributed by atoms with Crippen LogP contribution in [-0.2, 0) is 9.59 Å². The normalized spacial score (nSPS) is 24.3. The molecule has 1 saturated heterocycles. The van der Waals surface area contributed by atoms with Crippen LogP contribution in [0.4, 0.5) is 11.4 Å². The van der Waals surface area contributed by atoms with Crippen LogP contribution < -0.4 is 4.90 Å². The molecule has 1 heterocycles. The molecule has 0 N–H and O–H groups in total. The first-order valence-corrected chi connectivity index (χ1v) is 7.25. The summed E-state index contributed by atoms with van der Waals surface area (Å²) in [6.45, 7) is 1.72. The number of aryl methyl sites for hydroxylation is 1. The summed E-state index contributed by atoms with van der Waals surface area (Å²) in [5, 5.41) is 11.5. The van der Waals surface area contributed by atoms with Gasteiger partial charge >= 0.3 is 0 Å². The van der Waals surface area contributed by atoms with Gasteiger partial charge in [0, 0.05) is 17.2 Å². The molecule has 3 rings (SSSR count). The third kappa shape index (κ3) is 2.20. The number of non-ortho nitro benzene ring substituents is 1. The molecule has 1 aliphatic heterocycles. The van der Waals surface area contributed by atoms with E-state index in [0.717, 1.165) is 4.90 Å². The number of anilines is 1. The number of imide groups is 1. The van der Waals surface area contributed by atoms with Gasteiger partial charge in [0.15, 0.2) is 0 Å². The fourth-order valence-electron chi connectivity index (χ4n) is 3.02. The lowest BCUT2D eigenvalue weighted by Gasteiger charge is -2.17. The summed E-state index contributed by atoms with van der Waals surface area (Å²) in [4.78, 5) is 36.6. The van der Waals surface area contributed by atoms with E-state index in [1.807, 2.05) is 0 Å². The van der Waals surface area contributed by atoms with Crippen molar-refractivity contribution in [1.29, 1.82) is 0 Å². The van der Waals surface area contributed by atoms with Crippen LogP contribution in [0.2, 0.25) is 0 Å². The van der Waals surface area contributed by atoms with Crippen LogP contribution in [-0.4, -0.2) is 16.7 Å². The number of amides is 2. The number of nitro groups is 1. The summed E-state index contributed by atoms with van der Waals surface area (Å²) in [6, 6.07) is 4.17. The Morgan fingerprint density at radius 2 is 1.95 bits per heavy atom. The summed E-state index contributed by atoms with van der Waals surface area (Å²) in [5.41, 5.74) is 0.784. The van der Waals surface area contributed by atoms with Crippen molar-refractivity contribution in [3.05, 3.63) is 45.0 Å². The van der Waals surface area contributed by atoms with E-state index in [0.29, 0.717) is 23.4 Å². The van der Waals surface area contributed by atoms with Crippen LogP contribution in [0.3, 0.4) is 0 Å². The topological polar surface area (TPSA) is 80.5 Å². The molecule has 114 valence electrons. The predicted molar refractivity (Wildman–Crippen MR) is 80.5 cm³/mol. The van der Waals surface area contributed by atoms with E-state index in [-0.39, 0.29) is 23.2 Å². The maximum absolute atomic E-state index is 12.6. The molecule has 6 nitrogen and oxygen atoms in total. The lowest BCUT2D eigenvalue weighted by molar-refractivity contribution is -0.384. The third-order valence-corrected chi connectivity index (χ3v) is 4.52. The maximum Gasteiger partial charge on any atom is 0.271 e. The van der Waals surface area contributed by atoms with Crippen LogP contribution in [0.25, 0.3) is 0 Å². The highest BCUT2D eigenvalue weighted by Gasteiger charge is 2.49. The second-order valence-corrected chi connectivity index (χ2v) is 6.03. The molecule has 0 unspecified atom stereocenters. The highest BCUT2D eigenvalue weighted by Crippen LogP contribution is 2.42. The number of carbonyl (C=O) groups is 2. The largest absolute Gasteiger partial charge is 0.274 e. The van der Waals surface area contributed by atoms with Gasteiger partial charge in [-0.25, -0.2) is 4.90 Å². The minimum Gasteiger partial charge on any atom is -0.274 e. The number of hydrogen-bond donors (Lipinski definition) is 0. The number of carbonyl (C=O) groups excluding carboxylic acids is 2. The van der Waals surface area contributed by atoms with Crippen molar-refractivity contribution in [2.45, 2.75) is 19.8 Å². The molecule has 0 spiro atoms. The zero-order valence-corrected chi connectivity index (χ0v) is 12.5. The van der Waals surface area contributed by atoms with E-state index < -0.39 is 16.8 Å². The van der Waals surface area contributed by atoms with Crippen molar-refractivity contribution >= 4 is 34.8 Å². The summed E-state index contributed by atoms with van der Waals surface area (Å²) >= 11 is 5.98. The Kier molecular flexibility index (Phi) is 3.48. The minimum absolute atomic E-state index is 0.146. The zero-order valence-electron chi connectivity index (χ0n) is 11.8. The van der Waals surface area contributed by atoms with E-state index in [4.69, 9.17) is 11.6 Å². The molecule has 0 bridgehead atoms. The Hall–Kier alpha value is -2.21. The summed E-state index contributed by atoms with van der Waals surface area (Å²) in [7, 11) is 0. The van der Waals surface area contributed by atoms with Gasteiger partial charge in [0.1, 0.15) is 0 Å². The second-order valence-electron chi connectivity index (χ2n) is 5.54. The number of halogens is 1. The van der Waals surface area contributed by atoms with Gasteiger partial charge in [-0.2, -0.15) is 0 Å². The molecular weight excluding hydrogens is 308 g/mol. The molecule has 2 aliphatic rings. The van der Waals surface area contributed by atoms with E-state index in [9.17, 15) is 19.7 Å². The van der Waals surface area contributed by atoms with Crippen molar-refractivity contribution in [3.8, 4) is 0 Å². The average Bonchev–Trinajstić information content (AvgIpc) is 2.71. The van der Waals surface area contributed by atoms with Gasteiger partial charge in [-0.05, 0) is 25.3 Å². The van der Waals surface area contributed by atoms with Crippen molar-refractivity contribution in [3.63, 3.8) is 0 Å². The predicted octanol–water partition coefficient (Wildman–Crippen LogP) is 2.93. The molecule has 1 aromatic carbocycles. The van der Waals surface area contributed by atoms with Crippen molar-refractivity contribution in [1.82, 2.24) is 0 Å². The average molecular weight is 321 g/mol. The lowest BCUT2D eigenvalue weighted by Crippen LogP contribution is -2.31. The first kappa shape index (κ1) is 14.7. The van der Waals surface area contributed by atoms with Gasteiger partial charge in [0.05, 0.1) is 22.4 Å². The third-order valence-electron chi connectivity index (χ3n) is 4.21. The van der Waals surface area contributed by atoms with Crippen LogP contribution in [0.1, 0.15) is 18.4 Å². The number of nitro benzene ring substituents is 1. The molecule has 0 saturated carbocycles. The Balaban J connectivity index is 2.03. The molecule has 1 fully saturated rings. The SMILES string of the molecule is Cc1ccc([N+](=O)[O-])cc1N1C(=O)[C@@H]2CC=C(Cl)C[C@H]2C1=O. The van der Waals surface area contributed by atoms with Crippen LogP contribution >= 0.6 is 11.6 Å². The van der Waals surface area contributed by atoms with Crippen LogP contribution in [0.15, 0.2) is 29.3 Å². The Bertz CT molecular complexity index is 728. The molecule has 22 heavy (non-hydrogen) atoms. The van der Waals surface area contributed by atoms with Gasteiger partial charge in [-0.1, -0.05) is 23.7 Å². The van der Waals surface area contributed by atoms with Gasteiger partial charge in [-0.3, -0.25) is 19.7 Å². The number of hydrogen-bond acceptors (Lipinski definition) is 4. The van der Waals surface area contributed by atoms with Crippen molar-refractivity contribution in [2.24, 2.45) is 11.8 Å². The number of fused-ring (bicyclic) bond motifs is 1. The van der Waals surface area contributed by atoms with Gasteiger partial charge < -0.3 is 0 Å². The smallest absolute Gasteiger partial charge is 0.271 e. The van der Waals surface area contributed by atoms with Gasteiger partial charge in [0.2, 0.25) is 11.8 Å². The monoisotopic (exact) mass is 320 g/mol. The highest BCUT2D eigenvalue weighted by molar-refractivity contribution is 6.30. The van der Waals surface area contributed by atoms with E-state index in [1.54, 1.807) is 19.1 Å². The Labute approximate surface area is 131 Å². The Morgan fingerprint density at radius 1 is 1.27 bits per heavy atom. The molecule has 1 aromatic rings. The van der Waals surface area contributed by atoms with Crippen LogP contribution in [0.5, 0.6) is 0 Å². The number of nitrogens with zero attached hydrogens (tertiary/aromatic N) is 2. The van der Waals surface area contributed by atoms with Gasteiger partial charge in [-0.15, -0.1) is 0 Å². The Morgan fingerprint density at radius 3 is 2.64 bits per heavy atom. The number of benzene rings is 1. The first-order chi connectivity index (χ1) is 10.4. The molecule has 0 radical (unpaired) electrons. The molecule has 7 heteroatoms. The van der Waals surface area contributed by atoms with Gasteiger partial charge in [0.25, 0.3) is 5.69 Å². The zero-order chi connectivity index (χ0) is 16.0. The lowest BCUT2D eigenvalue weighted by atomic mass is 9.85. The quantitative estimate of drug-likeness (QED) is 0.476. The highest BCUT2D eigenvalue weighted by atomic mass is 35.5. The fourth-order valence-corrected chi connectivity index (χ4v) is 3.27. The summed E-state index contributed by atoms with van der Waals surface area (Å²) in [6.07, 6.45) is 2.54. The maximum atomic E-state index is 12.6. The standard InChI is InChI=1S/C15H13ClN2O4/c1-8-2-4-10(18(21)22)7-13(8)17-14(19)11-5-3-9(16)6-12(11)15(17)20/h2-4,7,11-12H,5-6H2,1H3/t11-,12-/m1/s1. The van der Waals surface area contributed by atoms with E-state index >= 15 is 0 Å². The molecular formula is C15H13ClN2O4. The van der Waals surface area contributed by atoms with Crippen molar-refractivity contribution in [2.75, 3.05) is 4.90 Å². The molecule has 1 aliphatic carbocycles.